The Morgan fingerprint density at radius 3 is 2.15 bits per heavy atom. The van der Waals surface area contributed by atoms with Gasteiger partial charge in [0.15, 0.2) is 0 Å². The smallest absolute Gasteiger partial charge is 0.311 e. The van der Waals surface area contributed by atoms with Gasteiger partial charge in [0.2, 0.25) is 0 Å². The Morgan fingerprint density at radius 2 is 1.85 bits per heavy atom. The fourth-order valence-electron chi connectivity index (χ4n) is 1.37. The van der Waals surface area contributed by atoms with Crippen molar-refractivity contribution in [3.63, 3.8) is 0 Å². The maximum Gasteiger partial charge on any atom is 0.311 e. The van der Waals surface area contributed by atoms with Gasteiger partial charge in [0.05, 0.1) is 11.0 Å². The molecule has 1 fully saturated rings. The van der Waals surface area contributed by atoms with E-state index in [4.69, 9.17) is 5.11 Å². The number of aliphatic carboxylic acids is 1. The lowest BCUT2D eigenvalue weighted by Gasteiger charge is -2.36. The molecule has 3 nitrogen and oxygen atoms in total. The first-order valence-electron chi connectivity index (χ1n) is 4.73. The molecule has 0 aromatic heterocycles. The lowest BCUT2D eigenvalue weighted by molar-refractivity contribution is -0.163. The van der Waals surface area contributed by atoms with Gasteiger partial charge in [-0.1, -0.05) is 12.8 Å². The van der Waals surface area contributed by atoms with Crippen molar-refractivity contribution in [3.8, 4) is 0 Å². The van der Waals surface area contributed by atoms with E-state index in [1.165, 1.54) is 0 Å². The van der Waals surface area contributed by atoms with E-state index in [1.807, 2.05) is 0 Å². The minimum absolute atomic E-state index is 0.536. The van der Waals surface area contributed by atoms with E-state index in [9.17, 15) is 9.90 Å². The molecule has 3 heteroatoms. The molecule has 1 saturated carbocycles. The van der Waals surface area contributed by atoms with Gasteiger partial charge in [-0.15, -0.1) is 0 Å². The molecular weight excluding hydrogens is 168 g/mol. The van der Waals surface area contributed by atoms with Crippen molar-refractivity contribution in [3.05, 3.63) is 0 Å². The summed E-state index contributed by atoms with van der Waals surface area (Å²) in [5, 5.41) is 19.0. The molecule has 1 aliphatic rings. The predicted octanol–water partition coefficient (Wildman–Crippen LogP) is 1.65. The van der Waals surface area contributed by atoms with Crippen molar-refractivity contribution in [2.45, 2.75) is 45.6 Å². The van der Waals surface area contributed by atoms with E-state index in [2.05, 4.69) is 0 Å². The molecule has 0 aliphatic heterocycles. The Kier molecular flexibility index (Phi) is 2.41. The van der Waals surface area contributed by atoms with Gasteiger partial charge in [-0.2, -0.15) is 0 Å². The number of carboxylic acids is 1. The Balaban J connectivity index is 2.69. The zero-order valence-electron chi connectivity index (χ0n) is 8.50. The Morgan fingerprint density at radius 1 is 1.38 bits per heavy atom. The average Bonchev–Trinajstić information content (AvgIpc) is 2.70. The second-order valence-electron chi connectivity index (χ2n) is 4.85. The van der Waals surface area contributed by atoms with Gasteiger partial charge in [0.1, 0.15) is 0 Å². The van der Waals surface area contributed by atoms with Crippen molar-refractivity contribution in [2.75, 3.05) is 0 Å². The topological polar surface area (TPSA) is 57.5 Å². The zero-order chi connectivity index (χ0) is 10.3. The van der Waals surface area contributed by atoms with Crippen LogP contribution in [0.4, 0.5) is 0 Å². The highest BCUT2D eigenvalue weighted by Gasteiger charge is 2.47. The Bertz CT molecular complexity index is 214. The molecule has 1 aliphatic carbocycles. The minimum Gasteiger partial charge on any atom is -0.481 e. The summed E-state index contributed by atoms with van der Waals surface area (Å²) in [6, 6.07) is 0. The van der Waals surface area contributed by atoms with Crippen molar-refractivity contribution < 1.29 is 15.0 Å². The molecule has 0 spiro atoms. The molecule has 0 radical (unpaired) electrons. The van der Waals surface area contributed by atoms with Gasteiger partial charge in [-0.3, -0.25) is 4.79 Å². The Labute approximate surface area is 78.8 Å². The summed E-state index contributed by atoms with van der Waals surface area (Å²) >= 11 is 0. The summed E-state index contributed by atoms with van der Waals surface area (Å²) in [6.07, 6.45) is 2.87. The molecule has 2 N–H and O–H groups in total. The number of aliphatic hydroxyl groups is 1. The van der Waals surface area contributed by atoms with E-state index >= 15 is 0 Å². The third-order valence-electron chi connectivity index (χ3n) is 3.26. The Hall–Kier alpha value is -0.570. The third-order valence-corrected chi connectivity index (χ3v) is 3.26. The second-order valence-corrected chi connectivity index (χ2v) is 4.85. The molecule has 0 saturated heterocycles. The maximum atomic E-state index is 10.9. The van der Waals surface area contributed by atoms with Crippen LogP contribution in [0.15, 0.2) is 0 Å². The molecule has 76 valence electrons. The van der Waals surface area contributed by atoms with E-state index in [-0.39, 0.29) is 0 Å². The lowest BCUT2D eigenvalue weighted by atomic mass is 9.73. The average molecular weight is 186 g/mol. The fourth-order valence-corrected chi connectivity index (χ4v) is 1.37. The SMILES string of the molecule is CC(O)(CC1CC1)C(C)(C)C(=O)O. The molecule has 13 heavy (non-hydrogen) atoms. The summed E-state index contributed by atoms with van der Waals surface area (Å²) in [7, 11) is 0. The molecule has 0 aromatic rings. The van der Waals surface area contributed by atoms with E-state index in [1.54, 1.807) is 20.8 Å². The third kappa shape index (κ3) is 2.02. The molecule has 0 heterocycles. The molecule has 0 aromatic carbocycles. The highest BCUT2D eigenvalue weighted by Crippen LogP contribution is 2.43. The molecule has 1 rings (SSSR count). The fraction of sp³-hybridized carbons (Fsp3) is 0.900. The number of carboxylic acid groups (broad SMARTS) is 1. The standard InChI is InChI=1S/C10H18O3/c1-9(2,8(11)12)10(3,13)6-7-4-5-7/h7,13H,4-6H2,1-3H3,(H,11,12). The summed E-state index contributed by atoms with van der Waals surface area (Å²) in [5.41, 5.74) is -2.16. The predicted molar refractivity (Wildman–Crippen MR) is 49.4 cm³/mol. The quantitative estimate of drug-likeness (QED) is 0.701. The van der Waals surface area contributed by atoms with Gasteiger partial charge in [0, 0.05) is 0 Å². The van der Waals surface area contributed by atoms with Crippen LogP contribution in [0.2, 0.25) is 0 Å². The van der Waals surface area contributed by atoms with Crippen LogP contribution in [-0.4, -0.2) is 21.8 Å². The van der Waals surface area contributed by atoms with Crippen molar-refractivity contribution in [2.24, 2.45) is 11.3 Å². The molecule has 0 bridgehead atoms. The molecule has 1 unspecified atom stereocenters. The van der Waals surface area contributed by atoms with Crippen LogP contribution in [0, 0.1) is 11.3 Å². The first kappa shape index (κ1) is 10.5. The van der Waals surface area contributed by atoms with Crippen molar-refractivity contribution in [1.29, 1.82) is 0 Å². The highest BCUT2D eigenvalue weighted by molar-refractivity contribution is 5.75. The van der Waals surface area contributed by atoms with Crippen LogP contribution >= 0.6 is 0 Å². The van der Waals surface area contributed by atoms with Gasteiger partial charge < -0.3 is 10.2 Å². The van der Waals surface area contributed by atoms with Gasteiger partial charge in [-0.05, 0) is 33.1 Å². The van der Waals surface area contributed by atoms with Gasteiger partial charge >= 0.3 is 5.97 Å². The van der Waals surface area contributed by atoms with Crippen LogP contribution in [0.1, 0.15) is 40.0 Å². The number of rotatable bonds is 4. The summed E-state index contributed by atoms with van der Waals surface area (Å²) in [4.78, 5) is 10.9. The number of hydrogen-bond acceptors (Lipinski definition) is 2. The number of carbonyl (C=O) groups is 1. The van der Waals surface area contributed by atoms with E-state index in [0.29, 0.717) is 12.3 Å². The van der Waals surface area contributed by atoms with Crippen LogP contribution in [0.25, 0.3) is 0 Å². The highest BCUT2D eigenvalue weighted by atomic mass is 16.4. The second kappa shape index (κ2) is 2.98. The van der Waals surface area contributed by atoms with Crippen molar-refractivity contribution in [1.82, 2.24) is 0 Å². The molecule has 0 amide bonds. The van der Waals surface area contributed by atoms with E-state index < -0.39 is 17.0 Å². The zero-order valence-corrected chi connectivity index (χ0v) is 8.50. The molecular formula is C10H18O3. The monoisotopic (exact) mass is 186 g/mol. The largest absolute Gasteiger partial charge is 0.481 e. The van der Waals surface area contributed by atoms with Crippen molar-refractivity contribution >= 4 is 5.97 Å². The summed E-state index contributed by atoms with van der Waals surface area (Å²) in [5.74, 6) is -0.397. The van der Waals surface area contributed by atoms with Crippen LogP contribution in [0.3, 0.4) is 0 Å². The number of hydrogen-bond donors (Lipinski definition) is 2. The van der Waals surface area contributed by atoms with Crippen LogP contribution < -0.4 is 0 Å². The van der Waals surface area contributed by atoms with Crippen LogP contribution in [-0.2, 0) is 4.79 Å². The molecule has 1 atom stereocenters. The van der Waals surface area contributed by atoms with Crippen LogP contribution in [0.5, 0.6) is 0 Å². The van der Waals surface area contributed by atoms with E-state index in [0.717, 1.165) is 12.8 Å². The van der Waals surface area contributed by atoms with Gasteiger partial charge in [0.25, 0.3) is 0 Å². The summed E-state index contributed by atoms with van der Waals surface area (Å²) in [6.45, 7) is 4.79. The minimum atomic E-state index is -1.10. The van der Waals surface area contributed by atoms with Gasteiger partial charge in [-0.25, -0.2) is 0 Å². The maximum absolute atomic E-state index is 10.9. The first-order chi connectivity index (χ1) is 5.77. The normalized spacial score (nSPS) is 22.5. The first-order valence-corrected chi connectivity index (χ1v) is 4.73. The lowest BCUT2D eigenvalue weighted by Crippen LogP contribution is -2.47. The summed E-state index contributed by atoms with van der Waals surface area (Å²) < 4.78 is 0.